The lowest BCUT2D eigenvalue weighted by Gasteiger charge is -2.14. The third-order valence-corrected chi connectivity index (χ3v) is 9.08. The summed E-state index contributed by atoms with van der Waals surface area (Å²) < 4.78 is 21.2. The first-order valence-electron chi connectivity index (χ1n) is 21.7. The van der Waals surface area contributed by atoms with Crippen LogP contribution in [0.5, 0.6) is 0 Å². The van der Waals surface area contributed by atoms with Crippen LogP contribution < -0.4 is 26.6 Å². The van der Waals surface area contributed by atoms with Gasteiger partial charge in [0.1, 0.15) is 25.3 Å². The predicted octanol–water partition coefficient (Wildman–Crippen LogP) is 2.06. The molecule has 20 heteroatoms. The molecule has 0 bridgehead atoms. The molecule has 5 amide bonds. The Morgan fingerprint density at radius 1 is 0.410 bits per heavy atom. The van der Waals surface area contributed by atoms with Crippen LogP contribution in [-0.2, 0) is 57.3 Å². The van der Waals surface area contributed by atoms with Crippen LogP contribution in [0, 0.1) is 0 Å². The molecule has 0 aromatic carbocycles. The number of unbranched alkanes of at least 4 members (excludes halogenated alkanes) is 11. The molecular formula is C41H73N5O15. The lowest BCUT2D eigenvalue weighted by molar-refractivity contribution is -0.143. The van der Waals surface area contributed by atoms with Crippen molar-refractivity contribution in [3.63, 3.8) is 0 Å². The zero-order valence-corrected chi connectivity index (χ0v) is 36.1. The molecule has 0 saturated carbocycles. The average Bonchev–Trinajstić information content (AvgIpc) is 3.21. The molecule has 352 valence electrons. The number of aliphatic carboxylic acids is 3. The average molecular weight is 876 g/mol. The molecule has 0 aliphatic carbocycles. The molecule has 0 rings (SSSR count). The van der Waals surface area contributed by atoms with Crippen molar-refractivity contribution in [1.29, 1.82) is 0 Å². The van der Waals surface area contributed by atoms with Gasteiger partial charge in [-0.05, 0) is 32.1 Å². The summed E-state index contributed by atoms with van der Waals surface area (Å²) in [6.45, 7) is 3.20. The van der Waals surface area contributed by atoms with E-state index in [-0.39, 0.29) is 128 Å². The Bertz CT molecular complexity index is 1260. The van der Waals surface area contributed by atoms with Gasteiger partial charge in [0.25, 0.3) is 0 Å². The van der Waals surface area contributed by atoms with Gasteiger partial charge in [-0.25, -0.2) is 9.59 Å². The van der Waals surface area contributed by atoms with Crippen LogP contribution in [0.15, 0.2) is 0 Å². The van der Waals surface area contributed by atoms with Gasteiger partial charge >= 0.3 is 17.9 Å². The van der Waals surface area contributed by atoms with Gasteiger partial charge in [-0.3, -0.25) is 28.8 Å². The standard InChI is InChI=1S/C41H73N5O15/c1-2-3-14-21-42-34(47)19-18-33(41(56)57)46-38(51)31-61-29-27-59-25-23-44-37(50)30-60-28-26-58-24-22-43-35(48)20-17-32(40(54)55)45-36(49)15-12-10-8-6-4-5-7-9-11-13-16-39(52)53/h32-33H,2-31H2,1H3,(H,42,47)(H,43,48)(H,44,50)(H,45,49)(H,46,51)(H,52,53)(H,54,55)(H,56,57)/t32-,33-/m0/s1. The Labute approximate surface area is 359 Å². The van der Waals surface area contributed by atoms with E-state index in [1.165, 1.54) is 0 Å². The van der Waals surface area contributed by atoms with Gasteiger partial charge in [-0.2, -0.15) is 0 Å². The van der Waals surface area contributed by atoms with Gasteiger partial charge in [-0.15, -0.1) is 0 Å². The minimum absolute atomic E-state index is 0.0295. The van der Waals surface area contributed by atoms with Crippen molar-refractivity contribution in [3.05, 3.63) is 0 Å². The number of carboxylic acids is 3. The van der Waals surface area contributed by atoms with Crippen molar-refractivity contribution >= 4 is 47.4 Å². The van der Waals surface area contributed by atoms with Crippen LogP contribution in [0.2, 0.25) is 0 Å². The van der Waals surface area contributed by atoms with E-state index in [9.17, 15) is 48.6 Å². The molecule has 0 radical (unpaired) electrons. The molecule has 8 N–H and O–H groups in total. The van der Waals surface area contributed by atoms with Gasteiger partial charge in [-0.1, -0.05) is 71.1 Å². The second kappa shape index (κ2) is 39.7. The van der Waals surface area contributed by atoms with Crippen molar-refractivity contribution < 1.29 is 72.6 Å². The normalized spacial score (nSPS) is 11.9. The van der Waals surface area contributed by atoms with E-state index in [4.69, 9.17) is 24.1 Å². The summed E-state index contributed by atoms with van der Waals surface area (Å²) in [6, 6.07) is -2.38. The van der Waals surface area contributed by atoms with Crippen LogP contribution in [0.1, 0.15) is 129 Å². The summed E-state index contributed by atoms with van der Waals surface area (Å²) >= 11 is 0. The first-order chi connectivity index (χ1) is 29.3. The fraction of sp³-hybridized carbons (Fsp3) is 0.805. The van der Waals surface area contributed by atoms with Crippen LogP contribution in [0.3, 0.4) is 0 Å². The summed E-state index contributed by atoms with van der Waals surface area (Å²) in [5.74, 6) is -5.22. The zero-order chi connectivity index (χ0) is 45.4. The van der Waals surface area contributed by atoms with E-state index < -0.39 is 35.9 Å². The molecule has 0 fully saturated rings. The number of hydrogen-bond acceptors (Lipinski definition) is 12. The molecule has 0 heterocycles. The number of amides is 5. The van der Waals surface area contributed by atoms with Crippen LogP contribution >= 0.6 is 0 Å². The fourth-order valence-corrected chi connectivity index (χ4v) is 5.67. The van der Waals surface area contributed by atoms with Crippen LogP contribution in [0.4, 0.5) is 0 Å². The monoisotopic (exact) mass is 876 g/mol. The molecule has 0 aromatic heterocycles. The summed E-state index contributed by atoms with van der Waals surface area (Å²) in [4.78, 5) is 93.9. The highest BCUT2D eigenvalue weighted by Crippen LogP contribution is 2.12. The van der Waals surface area contributed by atoms with Gasteiger partial charge < -0.3 is 60.9 Å². The Morgan fingerprint density at radius 3 is 1.30 bits per heavy atom. The number of ether oxygens (including phenoxy) is 4. The molecule has 61 heavy (non-hydrogen) atoms. The first-order valence-corrected chi connectivity index (χ1v) is 21.7. The molecule has 0 aliphatic rings. The SMILES string of the molecule is CCCCCNC(=O)CC[C@H](NC(=O)COCCOCCNC(=O)COCCOCCNC(=O)CC[C@H](NC(=O)CCCCCCCCCCCCC(=O)O)C(=O)O)C(=O)O. The summed E-state index contributed by atoms with van der Waals surface area (Å²) in [6.07, 6.45) is 12.6. The Balaban J connectivity index is 3.79. The number of nitrogens with one attached hydrogen (secondary N) is 5. The highest BCUT2D eigenvalue weighted by molar-refractivity contribution is 5.85. The lowest BCUT2D eigenvalue weighted by atomic mass is 10.0. The highest BCUT2D eigenvalue weighted by Gasteiger charge is 2.22. The lowest BCUT2D eigenvalue weighted by Crippen LogP contribution is -2.43. The molecule has 0 aliphatic heterocycles. The van der Waals surface area contributed by atoms with Gasteiger partial charge in [0.15, 0.2) is 0 Å². The fourth-order valence-electron chi connectivity index (χ4n) is 5.67. The Kier molecular flexibility index (Phi) is 36.9. The number of rotatable bonds is 43. The van der Waals surface area contributed by atoms with Gasteiger partial charge in [0, 0.05) is 45.3 Å². The second-order valence-corrected chi connectivity index (χ2v) is 14.5. The van der Waals surface area contributed by atoms with Crippen molar-refractivity contribution in [2.75, 3.05) is 72.5 Å². The van der Waals surface area contributed by atoms with E-state index in [0.29, 0.717) is 13.0 Å². The molecule has 0 unspecified atom stereocenters. The third-order valence-electron chi connectivity index (χ3n) is 9.08. The van der Waals surface area contributed by atoms with E-state index in [0.717, 1.165) is 77.0 Å². The number of carbonyl (C=O) groups excluding carboxylic acids is 5. The van der Waals surface area contributed by atoms with Crippen molar-refractivity contribution in [1.82, 2.24) is 26.6 Å². The van der Waals surface area contributed by atoms with E-state index >= 15 is 0 Å². The van der Waals surface area contributed by atoms with E-state index in [1.807, 2.05) is 6.92 Å². The van der Waals surface area contributed by atoms with Crippen molar-refractivity contribution in [3.8, 4) is 0 Å². The van der Waals surface area contributed by atoms with E-state index in [2.05, 4.69) is 26.6 Å². The number of carbonyl (C=O) groups is 8. The maximum absolute atomic E-state index is 12.3. The van der Waals surface area contributed by atoms with Crippen molar-refractivity contribution in [2.45, 2.75) is 141 Å². The molecule has 0 saturated heterocycles. The van der Waals surface area contributed by atoms with E-state index in [1.54, 1.807) is 0 Å². The zero-order valence-electron chi connectivity index (χ0n) is 36.1. The molecule has 0 spiro atoms. The summed E-state index contributed by atoms with van der Waals surface area (Å²) in [7, 11) is 0. The maximum Gasteiger partial charge on any atom is 0.326 e. The maximum atomic E-state index is 12.3. The van der Waals surface area contributed by atoms with Crippen LogP contribution in [0.25, 0.3) is 0 Å². The smallest absolute Gasteiger partial charge is 0.326 e. The summed E-state index contributed by atoms with van der Waals surface area (Å²) in [5, 5.41) is 40.3. The summed E-state index contributed by atoms with van der Waals surface area (Å²) in [5.41, 5.74) is 0. The molecule has 20 nitrogen and oxygen atoms in total. The topological polar surface area (TPSA) is 294 Å². The Hall–Kier alpha value is -4.40. The van der Waals surface area contributed by atoms with Gasteiger partial charge in [0.05, 0.1) is 39.6 Å². The first kappa shape index (κ1) is 56.6. The second-order valence-electron chi connectivity index (χ2n) is 14.5. The molecule has 2 atom stereocenters. The molecular weight excluding hydrogens is 802 g/mol. The number of hydrogen-bond donors (Lipinski definition) is 8. The predicted molar refractivity (Wildman–Crippen MR) is 222 cm³/mol. The van der Waals surface area contributed by atoms with Crippen LogP contribution in [-0.4, -0.2) is 147 Å². The number of carboxylic acid groups (broad SMARTS) is 3. The minimum atomic E-state index is -1.25. The minimum Gasteiger partial charge on any atom is -0.481 e. The quantitative estimate of drug-likeness (QED) is 0.0407. The Morgan fingerprint density at radius 2 is 0.820 bits per heavy atom. The molecule has 0 aromatic rings. The largest absolute Gasteiger partial charge is 0.481 e. The van der Waals surface area contributed by atoms with Gasteiger partial charge in [0.2, 0.25) is 29.5 Å². The van der Waals surface area contributed by atoms with Crippen molar-refractivity contribution in [2.24, 2.45) is 0 Å². The third kappa shape index (κ3) is 38.3. The highest BCUT2D eigenvalue weighted by atomic mass is 16.5.